The lowest BCUT2D eigenvalue weighted by Crippen LogP contribution is -2.42. The summed E-state index contributed by atoms with van der Waals surface area (Å²) >= 11 is 6.27. The Morgan fingerprint density at radius 1 is 1.03 bits per heavy atom. The van der Waals surface area contributed by atoms with Crippen molar-refractivity contribution in [2.75, 3.05) is 0 Å². The van der Waals surface area contributed by atoms with E-state index in [4.69, 9.17) is 11.6 Å². The van der Waals surface area contributed by atoms with Gasteiger partial charge in [-0.1, -0.05) is 61.8 Å². The Morgan fingerprint density at radius 3 is 2.23 bits per heavy atom. The second-order valence-electron chi connectivity index (χ2n) is 8.79. The fourth-order valence-corrected chi connectivity index (χ4v) is 4.28. The molecule has 0 radical (unpaired) electrons. The van der Waals surface area contributed by atoms with Crippen LogP contribution in [-0.4, -0.2) is 32.2 Å². The first-order valence-corrected chi connectivity index (χ1v) is 11.5. The van der Waals surface area contributed by atoms with Gasteiger partial charge in [0, 0.05) is 26.2 Å². The number of halogens is 1. The van der Waals surface area contributed by atoms with Crippen molar-refractivity contribution < 1.29 is 14.7 Å². The number of nitrogens with one attached hydrogen (secondary N) is 1. The third-order valence-corrected chi connectivity index (χ3v) is 6.45. The van der Waals surface area contributed by atoms with E-state index >= 15 is 0 Å². The molecule has 0 aliphatic carbocycles. The molecule has 0 aliphatic heterocycles. The lowest BCUT2D eigenvalue weighted by molar-refractivity contribution is -0.139. The number of carbonyl (C=O) groups is 2. The largest absolute Gasteiger partial charge is 0.480 e. The number of carboxylic acids is 1. The van der Waals surface area contributed by atoms with Crippen LogP contribution in [0.2, 0.25) is 5.02 Å². The molecule has 1 amide bonds. The highest BCUT2D eigenvalue weighted by molar-refractivity contribution is 6.34. The van der Waals surface area contributed by atoms with Gasteiger partial charge in [0.25, 0.3) is 11.5 Å². The van der Waals surface area contributed by atoms with Crippen molar-refractivity contribution in [3.63, 3.8) is 0 Å². The lowest BCUT2D eigenvalue weighted by Gasteiger charge is -2.18. The van der Waals surface area contributed by atoms with E-state index in [2.05, 4.69) is 5.32 Å². The van der Waals surface area contributed by atoms with E-state index in [1.807, 2.05) is 13.8 Å². The highest BCUT2D eigenvalue weighted by atomic mass is 35.5. The van der Waals surface area contributed by atoms with Gasteiger partial charge in [0.1, 0.15) is 6.04 Å². The Balaban J connectivity index is 1.88. The predicted octanol–water partition coefficient (Wildman–Crippen LogP) is 3.26. The highest BCUT2D eigenvalue weighted by Crippen LogP contribution is 2.26. The molecule has 0 spiro atoms. The molecule has 1 aromatic heterocycles. The van der Waals surface area contributed by atoms with Crippen LogP contribution in [0.25, 0.3) is 11.1 Å². The van der Waals surface area contributed by atoms with Gasteiger partial charge in [-0.3, -0.25) is 14.2 Å². The molecular formula is C26H28ClN3O5. The smallest absolute Gasteiger partial charge is 0.330 e. The molecule has 2 aromatic carbocycles. The number of amides is 1. The van der Waals surface area contributed by atoms with Crippen molar-refractivity contribution in [2.24, 2.45) is 14.1 Å². The monoisotopic (exact) mass is 497 g/mol. The van der Waals surface area contributed by atoms with Gasteiger partial charge in [0.2, 0.25) is 0 Å². The normalized spacial score (nSPS) is 12.0. The molecule has 3 aromatic rings. The van der Waals surface area contributed by atoms with Gasteiger partial charge in [-0.2, -0.15) is 0 Å². The van der Waals surface area contributed by atoms with Crippen LogP contribution in [0.5, 0.6) is 0 Å². The van der Waals surface area contributed by atoms with Crippen LogP contribution in [0.3, 0.4) is 0 Å². The summed E-state index contributed by atoms with van der Waals surface area (Å²) in [6.07, 6.45) is 0.0348. The van der Waals surface area contributed by atoms with Crippen molar-refractivity contribution in [3.8, 4) is 11.1 Å². The van der Waals surface area contributed by atoms with Crippen LogP contribution in [0, 0.1) is 6.92 Å². The zero-order valence-corrected chi connectivity index (χ0v) is 21.0. The maximum atomic E-state index is 13.0. The van der Waals surface area contributed by atoms with E-state index in [-0.39, 0.29) is 22.9 Å². The van der Waals surface area contributed by atoms with Gasteiger partial charge >= 0.3 is 11.7 Å². The first-order valence-electron chi connectivity index (χ1n) is 11.1. The second kappa shape index (κ2) is 10.3. The minimum Gasteiger partial charge on any atom is -0.480 e. The molecule has 0 fully saturated rings. The van der Waals surface area contributed by atoms with Crippen LogP contribution in [0.15, 0.2) is 52.1 Å². The minimum absolute atomic E-state index is 0.0268. The van der Waals surface area contributed by atoms with Gasteiger partial charge in [-0.15, -0.1) is 0 Å². The topological polar surface area (TPSA) is 110 Å². The quantitative estimate of drug-likeness (QED) is 0.520. The molecule has 184 valence electrons. The molecule has 35 heavy (non-hydrogen) atoms. The zero-order valence-electron chi connectivity index (χ0n) is 20.3. The van der Waals surface area contributed by atoms with E-state index in [0.717, 1.165) is 10.1 Å². The number of carboxylic acid groups (broad SMARTS) is 1. The maximum Gasteiger partial charge on any atom is 0.330 e. The number of nitrogens with zero attached hydrogens (tertiary/aromatic N) is 2. The number of carbonyl (C=O) groups excluding carboxylic acids is 1. The molecule has 8 nitrogen and oxygen atoms in total. The van der Waals surface area contributed by atoms with Crippen LogP contribution in [0.1, 0.15) is 46.9 Å². The van der Waals surface area contributed by atoms with E-state index in [1.165, 1.54) is 11.6 Å². The van der Waals surface area contributed by atoms with Crippen molar-refractivity contribution >= 4 is 23.5 Å². The summed E-state index contributed by atoms with van der Waals surface area (Å²) in [6, 6.07) is 10.8. The average molecular weight is 498 g/mol. The molecule has 9 heteroatoms. The number of hydrogen-bond acceptors (Lipinski definition) is 4. The third-order valence-electron chi connectivity index (χ3n) is 6.14. The Kier molecular flexibility index (Phi) is 7.65. The predicted molar refractivity (Wildman–Crippen MR) is 135 cm³/mol. The Hall–Kier alpha value is -3.65. The number of benzene rings is 2. The summed E-state index contributed by atoms with van der Waals surface area (Å²) in [4.78, 5) is 49.7. The van der Waals surface area contributed by atoms with Crippen molar-refractivity contribution in [2.45, 2.75) is 39.2 Å². The number of hydrogen-bond donors (Lipinski definition) is 2. The third kappa shape index (κ3) is 5.22. The van der Waals surface area contributed by atoms with Crippen molar-refractivity contribution in [3.05, 3.63) is 90.7 Å². The van der Waals surface area contributed by atoms with E-state index in [0.29, 0.717) is 22.4 Å². The minimum atomic E-state index is -1.18. The summed E-state index contributed by atoms with van der Waals surface area (Å²) in [5, 5.41) is 12.6. The number of aliphatic carboxylic acids is 1. The second-order valence-corrected chi connectivity index (χ2v) is 9.20. The van der Waals surface area contributed by atoms with Crippen LogP contribution >= 0.6 is 11.6 Å². The number of aromatic nitrogens is 2. The van der Waals surface area contributed by atoms with Crippen molar-refractivity contribution in [1.82, 2.24) is 14.5 Å². The van der Waals surface area contributed by atoms with Gasteiger partial charge in [0.05, 0.1) is 16.1 Å². The fraction of sp³-hybridized carbons (Fsp3) is 0.308. The molecule has 2 N–H and O–H groups in total. The summed E-state index contributed by atoms with van der Waals surface area (Å²) < 4.78 is 2.45. The molecule has 0 unspecified atom stereocenters. The average Bonchev–Trinajstić information content (AvgIpc) is 2.81. The SMILES string of the molecule is Cc1c(-c2ccc(C[C@H](NC(=O)c3c(Cl)cccc3C(C)C)C(=O)O)cc2)c(=O)n(C)c(=O)n1C. The maximum absolute atomic E-state index is 13.0. The molecule has 3 rings (SSSR count). The van der Waals surface area contributed by atoms with E-state index in [9.17, 15) is 24.3 Å². The standard InChI is InChI=1S/C26H28ClN3O5/c1-14(2)18-7-6-8-19(27)22(18)23(31)28-20(25(33)34)13-16-9-11-17(12-10-16)21-15(3)29(4)26(35)30(5)24(21)32/h6-12,14,20H,13H2,1-5H3,(H,28,31)(H,33,34)/t20-/m0/s1. The van der Waals surface area contributed by atoms with Crippen LogP contribution in [0.4, 0.5) is 0 Å². The van der Waals surface area contributed by atoms with E-state index < -0.39 is 29.2 Å². The summed E-state index contributed by atoms with van der Waals surface area (Å²) in [6.45, 7) is 5.55. The summed E-state index contributed by atoms with van der Waals surface area (Å²) in [5.41, 5.74) is 2.37. The molecule has 0 bridgehead atoms. The molecule has 0 saturated heterocycles. The zero-order chi connectivity index (χ0) is 26.0. The highest BCUT2D eigenvalue weighted by Gasteiger charge is 2.25. The van der Waals surface area contributed by atoms with Crippen LogP contribution < -0.4 is 16.6 Å². The van der Waals surface area contributed by atoms with Crippen LogP contribution in [-0.2, 0) is 25.3 Å². The Bertz CT molecular complexity index is 1400. The summed E-state index contributed by atoms with van der Waals surface area (Å²) in [7, 11) is 3.02. The molecule has 0 aliphatic rings. The molecular weight excluding hydrogens is 470 g/mol. The first kappa shape index (κ1) is 26.0. The van der Waals surface area contributed by atoms with Gasteiger partial charge in [-0.25, -0.2) is 9.59 Å². The fourth-order valence-electron chi connectivity index (χ4n) is 4.01. The van der Waals surface area contributed by atoms with Gasteiger partial charge in [-0.05, 0) is 35.6 Å². The molecule has 1 heterocycles. The molecule has 1 atom stereocenters. The van der Waals surface area contributed by atoms with Crippen molar-refractivity contribution in [1.29, 1.82) is 0 Å². The molecule has 0 saturated carbocycles. The Morgan fingerprint density at radius 2 is 1.66 bits per heavy atom. The van der Waals surface area contributed by atoms with Gasteiger partial charge in [0.15, 0.2) is 0 Å². The van der Waals surface area contributed by atoms with E-state index in [1.54, 1.807) is 56.4 Å². The Labute approximate surface area is 207 Å². The summed E-state index contributed by atoms with van der Waals surface area (Å²) in [5.74, 6) is -1.70. The lowest BCUT2D eigenvalue weighted by atomic mass is 9.96. The number of rotatable bonds is 7. The first-order chi connectivity index (χ1) is 16.4. The van der Waals surface area contributed by atoms with Gasteiger partial charge < -0.3 is 15.0 Å².